The lowest BCUT2D eigenvalue weighted by molar-refractivity contribution is -0.114. The maximum Gasteiger partial charge on any atom is 0.221 e. The van der Waals surface area contributed by atoms with Gasteiger partial charge in [0.05, 0.1) is 5.69 Å². The van der Waals surface area contributed by atoms with Crippen LogP contribution in [0.2, 0.25) is 0 Å². The van der Waals surface area contributed by atoms with Crippen LogP contribution in [0.25, 0.3) is 0 Å². The van der Waals surface area contributed by atoms with Crippen LogP contribution < -0.4 is 5.32 Å². The van der Waals surface area contributed by atoms with Crippen molar-refractivity contribution in [3.8, 4) is 0 Å². The number of carbonyl (C=O) groups is 1. The van der Waals surface area contributed by atoms with Gasteiger partial charge >= 0.3 is 0 Å². The highest BCUT2D eigenvalue weighted by Crippen LogP contribution is 2.34. The van der Waals surface area contributed by atoms with Crippen molar-refractivity contribution in [2.45, 2.75) is 20.8 Å². The zero-order chi connectivity index (χ0) is 10.9. The lowest BCUT2D eigenvalue weighted by atomic mass is 10.1. The van der Waals surface area contributed by atoms with E-state index >= 15 is 0 Å². The van der Waals surface area contributed by atoms with Crippen molar-refractivity contribution in [2.24, 2.45) is 0 Å². The molecule has 76 valence electrons. The van der Waals surface area contributed by atoms with Crippen molar-refractivity contribution in [1.82, 2.24) is 0 Å². The Labute approximate surface area is 100 Å². The average Bonchev–Trinajstić information content (AvgIpc) is 2.09. The topological polar surface area (TPSA) is 29.1 Å². The van der Waals surface area contributed by atoms with Crippen molar-refractivity contribution < 1.29 is 4.79 Å². The van der Waals surface area contributed by atoms with Gasteiger partial charge in [0.25, 0.3) is 0 Å². The Morgan fingerprint density at radius 3 is 2.43 bits per heavy atom. The molecule has 0 saturated carbocycles. The average molecular weight is 321 g/mol. The molecule has 0 heterocycles. The van der Waals surface area contributed by atoms with Crippen molar-refractivity contribution >= 4 is 43.5 Å². The van der Waals surface area contributed by atoms with Gasteiger partial charge in [-0.05, 0) is 47.0 Å². The smallest absolute Gasteiger partial charge is 0.221 e. The second-order valence-electron chi connectivity index (χ2n) is 3.17. The number of halogens is 2. The molecule has 1 rings (SSSR count). The summed E-state index contributed by atoms with van der Waals surface area (Å²) in [7, 11) is 0. The molecule has 0 bridgehead atoms. The Morgan fingerprint density at radius 1 is 1.36 bits per heavy atom. The molecular formula is C10H11Br2NO. The first-order valence-electron chi connectivity index (χ1n) is 4.16. The van der Waals surface area contributed by atoms with Crippen molar-refractivity contribution in [2.75, 3.05) is 5.32 Å². The summed E-state index contributed by atoms with van der Waals surface area (Å²) in [5.74, 6) is -0.0597. The summed E-state index contributed by atoms with van der Waals surface area (Å²) in [5, 5.41) is 2.80. The molecule has 0 aromatic heterocycles. The molecule has 4 heteroatoms. The van der Waals surface area contributed by atoms with Gasteiger partial charge < -0.3 is 5.32 Å². The van der Waals surface area contributed by atoms with Crippen LogP contribution >= 0.6 is 31.9 Å². The Morgan fingerprint density at radius 2 is 1.93 bits per heavy atom. The molecule has 1 aromatic carbocycles. The van der Waals surface area contributed by atoms with Gasteiger partial charge in [0.15, 0.2) is 0 Å². The first-order valence-corrected chi connectivity index (χ1v) is 5.75. The van der Waals surface area contributed by atoms with E-state index in [1.54, 1.807) is 0 Å². The fourth-order valence-electron chi connectivity index (χ4n) is 1.17. The number of benzene rings is 1. The molecule has 1 aromatic rings. The number of hydrogen-bond donors (Lipinski definition) is 1. The summed E-state index contributed by atoms with van der Waals surface area (Å²) in [6, 6.07) is 1.99. The fourth-order valence-corrected chi connectivity index (χ4v) is 2.60. The first kappa shape index (κ1) is 11.7. The Kier molecular flexibility index (Phi) is 3.72. The van der Waals surface area contributed by atoms with Crippen LogP contribution in [0.3, 0.4) is 0 Å². The molecule has 2 nitrogen and oxygen atoms in total. The SMILES string of the molecule is CC(=O)Nc1c(C)cc(Br)c(C)c1Br. The quantitative estimate of drug-likeness (QED) is 0.838. The molecule has 0 fully saturated rings. The number of nitrogens with one attached hydrogen (secondary N) is 1. The van der Waals surface area contributed by atoms with E-state index in [-0.39, 0.29) is 5.91 Å². The highest BCUT2D eigenvalue weighted by atomic mass is 79.9. The molecule has 0 atom stereocenters. The van der Waals surface area contributed by atoms with Gasteiger partial charge in [-0.25, -0.2) is 0 Å². The van der Waals surface area contributed by atoms with Crippen LogP contribution in [-0.4, -0.2) is 5.91 Å². The largest absolute Gasteiger partial charge is 0.325 e. The zero-order valence-electron chi connectivity index (χ0n) is 8.24. The van der Waals surface area contributed by atoms with E-state index < -0.39 is 0 Å². The molecule has 1 amide bonds. The lowest BCUT2D eigenvalue weighted by Gasteiger charge is -2.12. The minimum atomic E-state index is -0.0597. The highest BCUT2D eigenvalue weighted by molar-refractivity contribution is 9.11. The fraction of sp³-hybridized carbons (Fsp3) is 0.300. The second kappa shape index (κ2) is 4.45. The Bertz CT molecular complexity index is 388. The minimum absolute atomic E-state index is 0.0597. The van der Waals surface area contributed by atoms with Crippen LogP contribution in [0.15, 0.2) is 15.0 Å². The number of anilines is 1. The molecule has 0 spiro atoms. The van der Waals surface area contributed by atoms with Crippen LogP contribution in [0, 0.1) is 13.8 Å². The number of carbonyl (C=O) groups excluding carboxylic acids is 1. The van der Waals surface area contributed by atoms with Crippen LogP contribution in [-0.2, 0) is 4.79 Å². The van der Waals surface area contributed by atoms with Crippen molar-refractivity contribution in [3.63, 3.8) is 0 Å². The molecule has 0 aliphatic rings. The van der Waals surface area contributed by atoms with Crippen LogP contribution in [0.5, 0.6) is 0 Å². The van der Waals surface area contributed by atoms with Gasteiger partial charge in [-0.3, -0.25) is 4.79 Å². The standard InChI is InChI=1S/C10H11Br2NO/c1-5-4-8(11)6(2)9(12)10(5)13-7(3)14/h4H,1-3H3,(H,13,14). The van der Waals surface area contributed by atoms with E-state index in [1.807, 2.05) is 19.9 Å². The van der Waals surface area contributed by atoms with Crippen molar-refractivity contribution in [1.29, 1.82) is 0 Å². The summed E-state index contributed by atoms with van der Waals surface area (Å²) in [6.45, 7) is 5.45. The normalized spacial score (nSPS) is 10.1. The Hall–Kier alpha value is -0.350. The number of amides is 1. The van der Waals surface area contributed by atoms with Gasteiger partial charge in [0.2, 0.25) is 5.91 Å². The van der Waals surface area contributed by atoms with Gasteiger partial charge in [0, 0.05) is 15.9 Å². The van der Waals surface area contributed by atoms with Gasteiger partial charge in [-0.2, -0.15) is 0 Å². The summed E-state index contributed by atoms with van der Waals surface area (Å²) in [5.41, 5.74) is 2.96. The molecule has 14 heavy (non-hydrogen) atoms. The monoisotopic (exact) mass is 319 g/mol. The summed E-state index contributed by atoms with van der Waals surface area (Å²) >= 11 is 6.92. The highest BCUT2D eigenvalue weighted by Gasteiger charge is 2.10. The third-order valence-electron chi connectivity index (χ3n) is 1.95. The molecule has 0 aliphatic heterocycles. The maximum atomic E-state index is 11.0. The second-order valence-corrected chi connectivity index (χ2v) is 4.82. The lowest BCUT2D eigenvalue weighted by Crippen LogP contribution is -2.08. The van der Waals surface area contributed by atoms with E-state index in [9.17, 15) is 4.79 Å². The summed E-state index contributed by atoms with van der Waals surface area (Å²) in [4.78, 5) is 11.0. The van der Waals surface area contributed by atoms with Gasteiger partial charge in [0.1, 0.15) is 0 Å². The Balaban J connectivity index is 3.29. The predicted molar refractivity (Wildman–Crippen MR) is 65.6 cm³/mol. The zero-order valence-corrected chi connectivity index (χ0v) is 11.4. The van der Waals surface area contributed by atoms with Gasteiger partial charge in [-0.15, -0.1) is 0 Å². The van der Waals surface area contributed by atoms with E-state index in [0.717, 1.165) is 25.8 Å². The van der Waals surface area contributed by atoms with E-state index in [4.69, 9.17) is 0 Å². The molecule has 0 aliphatic carbocycles. The minimum Gasteiger partial charge on any atom is -0.325 e. The molecule has 1 N–H and O–H groups in total. The predicted octanol–water partition coefficient (Wildman–Crippen LogP) is 3.79. The summed E-state index contributed by atoms with van der Waals surface area (Å²) < 4.78 is 1.97. The molecular weight excluding hydrogens is 310 g/mol. The molecule has 0 saturated heterocycles. The van der Waals surface area contributed by atoms with Crippen LogP contribution in [0.4, 0.5) is 5.69 Å². The van der Waals surface area contributed by atoms with E-state index in [0.29, 0.717) is 0 Å². The molecule has 0 radical (unpaired) electrons. The summed E-state index contributed by atoms with van der Waals surface area (Å²) in [6.07, 6.45) is 0. The molecule has 0 unspecified atom stereocenters. The van der Waals surface area contributed by atoms with Gasteiger partial charge in [-0.1, -0.05) is 15.9 Å². The number of aryl methyl sites for hydroxylation is 1. The van der Waals surface area contributed by atoms with Crippen molar-refractivity contribution in [3.05, 3.63) is 26.1 Å². The van der Waals surface area contributed by atoms with E-state index in [1.165, 1.54) is 6.92 Å². The third-order valence-corrected chi connectivity index (χ3v) is 3.76. The number of hydrogen-bond acceptors (Lipinski definition) is 1. The van der Waals surface area contributed by atoms with Crippen LogP contribution in [0.1, 0.15) is 18.1 Å². The number of rotatable bonds is 1. The van der Waals surface area contributed by atoms with E-state index in [2.05, 4.69) is 37.2 Å². The third kappa shape index (κ3) is 2.36. The first-order chi connectivity index (χ1) is 6.43. The maximum absolute atomic E-state index is 11.0.